The van der Waals surface area contributed by atoms with Crippen LogP contribution in [0, 0.1) is 22.2 Å². The zero-order valence-corrected chi connectivity index (χ0v) is 19.4. The maximum absolute atomic E-state index is 13.2. The molecule has 0 radical (unpaired) electrons. The lowest BCUT2D eigenvalue weighted by molar-refractivity contribution is -0.296. The summed E-state index contributed by atoms with van der Waals surface area (Å²) in [5.74, 6) is 0.363. The Morgan fingerprint density at radius 2 is 1.33 bits per heavy atom. The van der Waals surface area contributed by atoms with Crippen LogP contribution in [0.4, 0.5) is 0 Å². The van der Waals surface area contributed by atoms with E-state index >= 15 is 0 Å². The van der Waals surface area contributed by atoms with Gasteiger partial charge in [-0.25, -0.2) is 0 Å². The fourth-order valence-corrected chi connectivity index (χ4v) is 8.96. The number of carbonyl (C=O) groups is 1. The Morgan fingerprint density at radius 1 is 0.867 bits per heavy atom. The number of ether oxygens (including phenoxy) is 1. The van der Waals surface area contributed by atoms with Crippen LogP contribution in [0.25, 0.3) is 0 Å². The third-order valence-corrected chi connectivity index (χ3v) is 10.6. The number of aliphatic hydroxyl groups is 2. The van der Waals surface area contributed by atoms with Crippen molar-refractivity contribution in [2.75, 3.05) is 0 Å². The van der Waals surface area contributed by atoms with Crippen LogP contribution in [0.2, 0.25) is 0 Å². The number of rotatable bonds is 5. The molecule has 6 aliphatic carbocycles. The Hall–Kier alpha value is -0.610. The van der Waals surface area contributed by atoms with E-state index < -0.39 is 22.2 Å². The molecule has 0 spiro atoms. The maximum Gasteiger partial charge on any atom is 0.312 e. The summed E-state index contributed by atoms with van der Waals surface area (Å²) in [7, 11) is 0. The van der Waals surface area contributed by atoms with Gasteiger partial charge in [-0.15, -0.1) is 0 Å². The molecule has 0 aromatic carbocycles. The molecule has 2 N–H and O–H groups in total. The van der Waals surface area contributed by atoms with E-state index in [1.54, 1.807) is 0 Å². The fourth-order valence-electron chi connectivity index (χ4n) is 8.96. The summed E-state index contributed by atoms with van der Waals surface area (Å²) in [5.41, 5.74) is -2.68. The average molecular weight is 419 g/mol. The molecule has 0 aliphatic heterocycles. The second kappa shape index (κ2) is 6.47. The molecule has 6 rings (SSSR count). The van der Waals surface area contributed by atoms with Gasteiger partial charge in [-0.1, -0.05) is 32.6 Å². The molecule has 2 unspecified atom stereocenters. The van der Waals surface area contributed by atoms with Crippen LogP contribution in [0.15, 0.2) is 0 Å². The SMILES string of the molecule is CCC(C)(C)C(=O)OC12CC3CC(C4(O)CCCC4)(C1)CC(C1(O)CCCC1)(C3)C2. The fraction of sp³-hybridized carbons (Fsp3) is 0.962. The normalized spacial score (nSPS) is 43.8. The summed E-state index contributed by atoms with van der Waals surface area (Å²) in [4.78, 5) is 13.2. The van der Waals surface area contributed by atoms with Gasteiger partial charge in [0.05, 0.1) is 16.6 Å². The van der Waals surface area contributed by atoms with Gasteiger partial charge < -0.3 is 14.9 Å². The van der Waals surface area contributed by atoms with Crippen molar-refractivity contribution in [1.29, 1.82) is 0 Å². The first-order valence-corrected chi connectivity index (χ1v) is 12.7. The van der Waals surface area contributed by atoms with Crippen LogP contribution < -0.4 is 0 Å². The monoisotopic (exact) mass is 418 g/mol. The van der Waals surface area contributed by atoms with Crippen molar-refractivity contribution >= 4 is 5.97 Å². The van der Waals surface area contributed by atoms with Gasteiger partial charge in [0, 0.05) is 10.8 Å². The standard InChI is InChI=1S/C26H42O4/c1-4-21(2,3)20(27)30-24-15-19-13-22(17-24,25(28)9-5-6-10-25)16-23(14-19,18-24)26(29)11-7-8-12-26/h19,28-29H,4-18H2,1-3H3. The van der Waals surface area contributed by atoms with Crippen molar-refractivity contribution in [2.45, 2.75) is 134 Å². The molecule has 6 saturated carbocycles. The van der Waals surface area contributed by atoms with E-state index in [1.165, 1.54) is 0 Å². The van der Waals surface area contributed by atoms with Gasteiger partial charge in [0.2, 0.25) is 0 Å². The Bertz CT molecular complexity index is 675. The van der Waals surface area contributed by atoms with Crippen LogP contribution >= 0.6 is 0 Å². The molecule has 170 valence electrons. The highest BCUT2D eigenvalue weighted by Crippen LogP contribution is 2.75. The minimum absolute atomic E-state index is 0.0888. The molecule has 0 amide bonds. The first kappa shape index (κ1) is 21.2. The molecule has 0 saturated heterocycles. The molecule has 0 heterocycles. The van der Waals surface area contributed by atoms with Crippen molar-refractivity contribution in [3.63, 3.8) is 0 Å². The zero-order chi connectivity index (χ0) is 21.5. The zero-order valence-electron chi connectivity index (χ0n) is 19.4. The number of hydrogen-bond acceptors (Lipinski definition) is 4. The summed E-state index contributed by atoms with van der Waals surface area (Å²) in [6.45, 7) is 6.01. The summed E-state index contributed by atoms with van der Waals surface area (Å²) in [6, 6.07) is 0. The Kier molecular flexibility index (Phi) is 4.58. The molecule has 4 heteroatoms. The number of hydrogen-bond donors (Lipinski definition) is 2. The van der Waals surface area contributed by atoms with E-state index in [9.17, 15) is 15.0 Å². The predicted molar refractivity (Wildman–Crippen MR) is 116 cm³/mol. The molecular formula is C26H42O4. The molecule has 4 bridgehead atoms. The van der Waals surface area contributed by atoms with E-state index in [2.05, 4.69) is 0 Å². The smallest absolute Gasteiger partial charge is 0.312 e. The summed E-state index contributed by atoms with van der Waals surface area (Å²) < 4.78 is 6.50. The lowest BCUT2D eigenvalue weighted by atomic mass is 9.36. The summed E-state index contributed by atoms with van der Waals surface area (Å²) in [6.07, 6.45) is 14.2. The minimum atomic E-state index is -0.648. The van der Waals surface area contributed by atoms with Crippen molar-refractivity contribution in [2.24, 2.45) is 22.2 Å². The van der Waals surface area contributed by atoms with Crippen LogP contribution in [0.3, 0.4) is 0 Å². The van der Waals surface area contributed by atoms with E-state index in [1.807, 2.05) is 20.8 Å². The average Bonchev–Trinajstić information content (AvgIpc) is 3.31. The van der Waals surface area contributed by atoms with E-state index in [4.69, 9.17) is 4.74 Å². The van der Waals surface area contributed by atoms with Gasteiger partial charge in [-0.3, -0.25) is 4.79 Å². The van der Waals surface area contributed by atoms with Gasteiger partial charge in [0.25, 0.3) is 0 Å². The van der Waals surface area contributed by atoms with Crippen LogP contribution in [0.5, 0.6) is 0 Å². The molecule has 0 aromatic rings. The third-order valence-electron chi connectivity index (χ3n) is 10.6. The Balaban J connectivity index is 1.57. The molecule has 6 fully saturated rings. The van der Waals surface area contributed by atoms with E-state index in [0.717, 1.165) is 96.3 Å². The first-order valence-electron chi connectivity index (χ1n) is 12.7. The van der Waals surface area contributed by atoms with Gasteiger partial charge >= 0.3 is 5.97 Å². The minimum Gasteiger partial charge on any atom is -0.459 e. The molecular weight excluding hydrogens is 376 g/mol. The van der Waals surface area contributed by atoms with Crippen molar-refractivity contribution < 1.29 is 19.7 Å². The van der Waals surface area contributed by atoms with Gasteiger partial charge in [0.1, 0.15) is 5.60 Å². The molecule has 6 aliphatic rings. The number of carbonyl (C=O) groups excluding carboxylic acids is 1. The van der Waals surface area contributed by atoms with E-state index in [0.29, 0.717) is 5.92 Å². The first-order chi connectivity index (χ1) is 14.0. The molecule has 4 nitrogen and oxygen atoms in total. The molecule has 0 aromatic heterocycles. The maximum atomic E-state index is 13.2. The number of esters is 1. The molecule has 2 atom stereocenters. The van der Waals surface area contributed by atoms with Crippen molar-refractivity contribution in [3.05, 3.63) is 0 Å². The lowest BCUT2D eigenvalue weighted by Gasteiger charge is -2.71. The van der Waals surface area contributed by atoms with Crippen LogP contribution in [-0.4, -0.2) is 33.0 Å². The summed E-state index contributed by atoms with van der Waals surface area (Å²) >= 11 is 0. The van der Waals surface area contributed by atoms with Gasteiger partial charge in [-0.2, -0.15) is 0 Å². The third kappa shape index (κ3) is 2.81. The second-order valence-electron chi connectivity index (χ2n) is 12.9. The highest BCUT2D eigenvalue weighted by atomic mass is 16.6. The topological polar surface area (TPSA) is 66.8 Å². The van der Waals surface area contributed by atoms with Crippen LogP contribution in [0.1, 0.15) is 117 Å². The van der Waals surface area contributed by atoms with Gasteiger partial charge in [-0.05, 0) is 90.4 Å². The highest BCUT2D eigenvalue weighted by Gasteiger charge is 2.73. The molecule has 30 heavy (non-hydrogen) atoms. The second-order valence-corrected chi connectivity index (χ2v) is 12.9. The summed E-state index contributed by atoms with van der Waals surface area (Å²) in [5, 5.41) is 23.9. The van der Waals surface area contributed by atoms with E-state index in [-0.39, 0.29) is 16.8 Å². The predicted octanol–water partition coefficient (Wildman–Crippen LogP) is 5.29. The largest absolute Gasteiger partial charge is 0.459 e. The van der Waals surface area contributed by atoms with Crippen molar-refractivity contribution in [1.82, 2.24) is 0 Å². The van der Waals surface area contributed by atoms with Crippen LogP contribution in [-0.2, 0) is 9.53 Å². The Labute approximate surface area is 182 Å². The highest BCUT2D eigenvalue weighted by molar-refractivity contribution is 5.76. The lowest BCUT2D eigenvalue weighted by Crippen LogP contribution is -2.71. The quantitative estimate of drug-likeness (QED) is 0.596. The van der Waals surface area contributed by atoms with Gasteiger partial charge in [0.15, 0.2) is 0 Å². The van der Waals surface area contributed by atoms with Crippen molar-refractivity contribution in [3.8, 4) is 0 Å². The Morgan fingerprint density at radius 3 is 1.77 bits per heavy atom.